The van der Waals surface area contributed by atoms with E-state index in [0.717, 1.165) is 43.8 Å². The molecule has 2 atom stereocenters. The predicted octanol–water partition coefficient (Wildman–Crippen LogP) is 1.97. The summed E-state index contributed by atoms with van der Waals surface area (Å²) in [5, 5.41) is 3.36. The van der Waals surface area contributed by atoms with Crippen LogP contribution in [0.15, 0.2) is 18.2 Å². The van der Waals surface area contributed by atoms with Gasteiger partial charge in [0.15, 0.2) is 0 Å². The summed E-state index contributed by atoms with van der Waals surface area (Å²) < 4.78 is 5.28. The quantitative estimate of drug-likeness (QED) is 0.896. The molecule has 1 aromatic rings. The first-order valence-electron chi connectivity index (χ1n) is 7.42. The van der Waals surface area contributed by atoms with Crippen LogP contribution in [0.5, 0.6) is 5.75 Å². The Labute approximate surface area is 120 Å². The van der Waals surface area contributed by atoms with Crippen LogP contribution in [-0.2, 0) is 11.2 Å². The van der Waals surface area contributed by atoms with Crippen LogP contribution in [0.1, 0.15) is 25.3 Å². The summed E-state index contributed by atoms with van der Waals surface area (Å²) in [6.07, 6.45) is 3.00. The number of anilines is 1. The molecular weight excluding hydrogens is 252 g/mol. The monoisotopic (exact) mass is 274 g/mol. The fraction of sp³-hybridized carbons (Fsp3) is 0.562. The van der Waals surface area contributed by atoms with Crippen molar-refractivity contribution >= 4 is 11.6 Å². The molecule has 0 aromatic heterocycles. The molecule has 2 unspecified atom stereocenters. The van der Waals surface area contributed by atoms with E-state index in [2.05, 4.69) is 18.3 Å². The van der Waals surface area contributed by atoms with Crippen molar-refractivity contribution in [3.63, 3.8) is 0 Å². The molecule has 1 N–H and O–H groups in total. The van der Waals surface area contributed by atoms with Crippen LogP contribution < -0.4 is 15.0 Å². The van der Waals surface area contributed by atoms with E-state index in [0.29, 0.717) is 0 Å². The molecule has 0 aliphatic carbocycles. The van der Waals surface area contributed by atoms with Gasteiger partial charge in [-0.05, 0) is 56.5 Å². The molecule has 108 valence electrons. The molecule has 4 nitrogen and oxygen atoms in total. The van der Waals surface area contributed by atoms with E-state index in [9.17, 15) is 4.79 Å². The summed E-state index contributed by atoms with van der Waals surface area (Å²) in [6, 6.07) is 6.32. The lowest BCUT2D eigenvalue weighted by molar-refractivity contribution is -0.122. The Balaban J connectivity index is 1.87. The maximum Gasteiger partial charge on any atom is 0.231 e. The fourth-order valence-corrected chi connectivity index (χ4v) is 3.33. The minimum absolute atomic E-state index is 0.114. The molecule has 0 bridgehead atoms. The lowest BCUT2D eigenvalue weighted by atomic mass is 9.96. The van der Waals surface area contributed by atoms with E-state index >= 15 is 0 Å². The highest BCUT2D eigenvalue weighted by Crippen LogP contribution is 2.32. The van der Waals surface area contributed by atoms with Crippen molar-refractivity contribution in [3.8, 4) is 5.75 Å². The van der Waals surface area contributed by atoms with Crippen LogP contribution in [-0.4, -0.2) is 32.1 Å². The average Bonchev–Trinajstić information content (AvgIpc) is 2.91. The van der Waals surface area contributed by atoms with E-state index in [1.165, 1.54) is 5.56 Å². The van der Waals surface area contributed by atoms with Crippen molar-refractivity contribution in [2.24, 2.45) is 5.92 Å². The van der Waals surface area contributed by atoms with Gasteiger partial charge in [0, 0.05) is 18.3 Å². The third kappa shape index (κ3) is 2.29. The molecule has 0 spiro atoms. The molecule has 1 fully saturated rings. The Morgan fingerprint density at radius 1 is 1.45 bits per heavy atom. The van der Waals surface area contributed by atoms with Gasteiger partial charge in [0.05, 0.1) is 13.0 Å². The van der Waals surface area contributed by atoms with Gasteiger partial charge in [-0.25, -0.2) is 0 Å². The molecule has 1 aromatic carbocycles. The second-order valence-electron chi connectivity index (χ2n) is 5.73. The highest BCUT2D eigenvalue weighted by Gasteiger charge is 2.34. The number of aryl methyl sites for hydroxylation is 1. The first-order chi connectivity index (χ1) is 9.70. The molecule has 3 rings (SSSR count). The van der Waals surface area contributed by atoms with Gasteiger partial charge in [0.25, 0.3) is 0 Å². The summed E-state index contributed by atoms with van der Waals surface area (Å²) in [5.41, 5.74) is 2.30. The topological polar surface area (TPSA) is 41.6 Å². The number of nitrogens with zero attached hydrogens (tertiary/aromatic N) is 1. The molecule has 1 amide bonds. The largest absolute Gasteiger partial charge is 0.497 e. The Bertz CT molecular complexity index is 515. The zero-order chi connectivity index (χ0) is 14.1. The van der Waals surface area contributed by atoms with E-state index < -0.39 is 0 Å². The number of hydrogen-bond acceptors (Lipinski definition) is 3. The van der Waals surface area contributed by atoms with Crippen molar-refractivity contribution in [1.29, 1.82) is 0 Å². The van der Waals surface area contributed by atoms with E-state index in [1.54, 1.807) is 7.11 Å². The van der Waals surface area contributed by atoms with Crippen molar-refractivity contribution < 1.29 is 9.53 Å². The van der Waals surface area contributed by atoms with Gasteiger partial charge in [-0.1, -0.05) is 0 Å². The van der Waals surface area contributed by atoms with Crippen molar-refractivity contribution in [2.75, 3.05) is 25.1 Å². The highest BCUT2D eigenvalue weighted by atomic mass is 16.5. The third-order valence-corrected chi connectivity index (χ3v) is 4.51. The Morgan fingerprint density at radius 3 is 3.00 bits per heavy atom. The number of ether oxygens (including phenoxy) is 1. The SMILES string of the molecule is COc1ccc2c(c1)CCCN2C(=O)C1CCNC1C. The van der Waals surface area contributed by atoms with E-state index in [-0.39, 0.29) is 17.9 Å². The molecule has 1 saturated heterocycles. The van der Waals surface area contributed by atoms with Crippen LogP contribution in [0.2, 0.25) is 0 Å². The molecule has 4 heteroatoms. The second kappa shape index (κ2) is 5.44. The van der Waals surface area contributed by atoms with Crippen LogP contribution in [0.25, 0.3) is 0 Å². The lowest BCUT2D eigenvalue weighted by Gasteiger charge is -2.32. The number of nitrogens with one attached hydrogen (secondary N) is 1. The van der Waals surface area contributed by atoms with Gasteiger partial charge >= 0.3 is 0 Å². The van der Waals surface area contributed by atoms with Crippen molar-refractivity contribution in [2.45, 2.75) is 32.2 Å². The summed E-state index contributed by atoms with van der Waals surface area (Å²) in [6.45, 7) is 3.89. The molecule has 0 saturated carbocycles. The molecule has 20 heavy (non-hydrogen) atoms. The smallest absolute Gasteiger partial charge is 0.231 e. The number of fused-ring (bicyclic) bond motifs is 1. The van der Waals surface area contributed by atoms with Gasteiger partial charge in [0.2, 0.25) is 5.91 Å². The summed E-state index contributed by atoms with van der Waals surface area (Å²) >= 11 is 0. The number of benzene rings is 1. The van der Waals surface area contributed by atoms with Gasteiger partial charge in [-0.2, -0.15) is 0 Å². The zero-order valence-corrected chi connectivity index (χ0v) is 12.2. The zero-order valence-electron chi connectivity index (χ0n) is 12.2. The fourth-order valence-electron chi connectivity index (χ4n) is 3.33. The average molecular weight is 274 g/mol. The highest BCUT2D eigenvalue weighted by molar-refractivity contribution is 5.96. The number of amides is 1. The van der Waals surface area contributed by atoms with Gasteiger partial charge in [-0.15, -0.1) is 0 Å². The summed E-state index contributed by atoms with van der Waals surface area (Å²) in [7, 11) is 1.68. The minimum atomic E-state index is 0.114. The van der Waals surface area contributed by atoms with E-state index in [4.69, 9.17) is 4.74 Å². The molecular formula is C16H22N2O2. The Morgan fingerprint density at radius 2 is 2.30 bits per heavy atom. The lowest BCUT2D eigenvalue weighted by Crippen LogP contribution is -2.42. The van der Waals surface area contributed by atoms with Crippen LogP contribution in [0.3, 0.4) is 0 Å². The van der Waals surface area contributed by atoms with Gasteiger partial charge in [0.1, 0.15) is 5.75 Å². The first kappa shape index (κ1) is 13.4. The maximum atomic E-state index is 12.8. The minimum Gasteiger partial charge on any atom is -0.497 e. The molecule has 2 aliphatic heterocycles. The van der Waals surface area contributed by atoms with Gasteiger partial charge < -0.3 is 15.0 Å². The van der Waals surface area contributed by atoms with Crippen LogP contribution in [0, 0.1) is 5.92 Å². The first-order valence-corrected chi connectivity index (χ1v) is 7.42. The standard InChI is InChI=1S/C16H22N2O2/c1-11-14(7-8-17-11)16(19)18-9-3-4-12-10-13(20-2)5-6-15(12)18/h5-6,10-11,14,17H,3-4,7-9H2,1-2H3. The number of hydrogen-bond donors (Lipinski definition) is 1. The number of carbonyl (C=O) groups is 1. The number of carbonyl (C=O) groups excluding carboxylic acids is 1. The number of methoxy groups -OCH3 is 1. The van der Waals surface area contributed by atoms with Gasteiger partial charge in [-0.3, -0.25) is 4.79 Å². The summed E-state index contributed by atoms with van der Waals surface area (Å²) in [5.74, 6) is 1.26. The van der Waals surface area contributed by atoms with Crippen LogP contribution in [0.4, 0.5) is 5.69 Å². The Kier molecular flexibility index (Phi) is 3.66. The third-order valence-electron chi connectivity index (χ3n) is 4.51. The predicted molar refractivity (Wildman–Crippen MR) is 79.2 cm³/mol. The van der Waals surface area contributed by atoms with E-state index in [1.807, 2.05) is 17.0 Å². The second-order valence-corrected chi connectivity index (χ2v) is 5.73. The maximum absolute atomic E-state index is 12.8. The van der Waals surface area contributed by atoms with Crippen LogP contribution >= 0.6 is 0 Å². The normalized spacial score (nSPS) is 25.4. The Hall–Kier alpha value is -1.55. The number of rotatable bonds is 2. The van der Waals surface area contributed by atoms with Crippen molar-refractivity contribution in [3.05, 3.63) is 23.8 Å². The molecule has 0 radical (unpaired) electrons. The summed E-state index contributed by atoms with van der Waals surface area (Å²) in [4.78, 5) is 14.8. The molecule has 2 aliphatic rings. The molecule has 2 heterocycles. The van der Waals surface area contributed by atoms with Crippen molar-refractivity contribution in [1.82, 2.24) is 5.32 Å².